The zero-order valence-electron chi connectivity index (χ0n) is 23.8. The van der Waals surface area contributed by atoms with Crippen molar-refractivity contribution in [1.29, 1.82) is 0 Å². The van der Waals surface area contributed by atoms with Crippen molar-refractivity contribution in [3.63, 3.8) is 0 Å². The van der Waals surface area contributed by atoms with Gasteiger partial charge in [-0.2, -0.15) is 0 Å². The first-order valence-corrected chi connectivity index (χ1v) is 17.3. The van der Waals surface area contributed by atoms with Gasteiger partial charge in [-0.3, -0.25) is 10.1 Å². The van der Waals surface area contributed by atoms with Crippen molar-refractivity contribution in [1.82, 2.24) is 5.32 Å². The first kappa shape index (κ1) is 30.1. The third-order valence-electron chi connectivity index (χ3n) is 8.28. The predicted molar refractivity (Wildman–Crippen MR) is 170 cm³/mol. The number of benzene rings is 3. The van der Waals surface area contributed by atoms with Crippen LogP contribution in [0.1, 0.15) is 68.9 Å². The van der Waals surface area contributed by atoms with E-state index in [0.29, 0.717) is 37.8 Å². The Hall–Kier alpha value is -2.39. The van der Waals surface area contributed by atoms with Crippen molar-refractivity contribution in [2.75, 3.05) is 19.6 Å². The van der Waals surface area contributed by atoms with Gasteiger partial charge < -0.3 is 19.7 Å². The number of phenols is 2. The summed E-state index contributed by atoms with van der Waals surface area (Å²) in [6.07, 6.45) is 9.23. The van der Waals surface area contributed by atoms with E-state index in [9.17, 15) is 15.0 Å². The molecule has 1 fully saturated rings. The minimum absolute atomic E-state index is 0.0687. The minimum Gasteiger partial charge on any atom is -0.508 e. The van der Waals surface area contributed by atoms with Crippen molar-refractivity contribution in [2.45, 2.75) is 82.1 Å². The number of aryl methyl sites for hydroxylation is 1. The molecule has 0 aromatic heterocycles. The van der Waals surface area contributed by atoms with Gasteiger partial charge in [-0.15, -0.1) is 0 Å². The standard InChI is InChI=1S/C33H41NO5S2/c1-38-33-31(37)16-12-23-10-14-25(35)18-27(39-21-34-24-6-2-3-7-24)8-4-5-17-40-41-20-30-28(32(23)33)15-11-22-9-13-26(36)19-29(22)30/h9,11-13,15-16,19,24,27,34,36-37H,2-8,10,14,17-18,20-21H2,1H3. The van der Waals surface area contributed by atoms with Gasteiger partial charge in [-0.05, 0) is 77.8 Å². The fourth-order valence-corrected chi connectivity index (χ4v) is 8.33. The van der Waals surface area contributed by atoms with Crippen molar-refractivity contribution < 1.29 is 24.5 Å². The van der Waals surface area contributed by atoms with Gasteiger partial charge in [0.15, 0.2) is 11.5 Å². The lowest BCUT2D eigenvalue weighted by molar-refractivity contribution is -0.122. The Bertz CT molecular complexity index is 1340. The molecular formula is C33H41NO5S2. The van der Waals surface area contributed by atoms with Gasteiger partial charge >= 0.3 is 0 Å². The summed E-state index contributed by atoms with van der Waals surface area (Å²) in [7, 11) is 5.23. The molecule has 0 saturated heterocycles. The summed E-state index contributed by atoms with van der Waals surface area (Å²) in [4.78, 5) is 13.3. The van der Waals surface area contributed by atoms with Crippen molar-refractivity contribution in [3.05, 3.63) is 53.6 Å². The Morgan fingerprint density at radius 2 is 1.76 bits per heavy atom. The number of Topliss-reactive ketones (excluding diaryl/α,β-unsaturated/α-hetero) is 1. The van der Waals surface area contributed by atoms with Crippen LogP contribution < -0.4 is 10.1 Å². The van der Waals surface area contributed by atoms with Crippen LogP contribution in [0.2, 0.25) is 0 Å². The molecule has 1 aliphatic heterocycles. The van der Waals surface area contributed by atoms with Crippen LogP contribution in [-0.4, -0.2) is 47.7 Å². The number of ether oxygens (including phenoxy) is 2. The number of nitrogens with one attached hydrogen (secondary N) is 1. The molecular weight excluding hydrogens is 554 g/mol. The quantitative estimate of drug-likeness (QED) is 0.204. The highest BCUT2D eigenvalue weighted by Crippen LogP contribution is 2.45. The van der Waals surface area contributed by atoms with Crippen molar-refractivity contribution >= 4 is 38.1 Å². The first-order chi connectivity index (χ1) is 20.0. The second-order valence-corrected chi connectivity index (χ2v) is 13.7. The summed E-state index contributed by atoms with van der Waals surface area (Å²) in [5.74, 6) is 2.64. The fraction of sp³-hybridized carbons (Fsp3) is 0.485. The van der Waals surface area contributed by atoms with Gasteiger partial charge in [0.1, 0.15) is 11.5 Å². The molecule has 8 heteroatoms. The van der Waals surface area contributed by atoms with Gasteiger partial charge in [0.2, 0.25) is 0 Å². The van der Waals surface area contributed by atoms with Crippen molar-refractivity contribution in [2.24, 2.45) is 0 Å². The SMILES string of the molecule is COc1c(O)ccc2c1-c1ccc3ccc(O)cc3c1CSSCCCCC(OCNC1CCCC1)CC(=O)CC2. The number of rotatable bonds is 5. The third kappa shape index (κ3) is 7.72. The lowest BCUT2D eigenvalue weighted by Gasteiger charge is -2.21. The summed E-state index contributed by atoms with van der Waals surface area (Å²) >= 11 is 0. The molecule has 5 rings (SSSR count). The molecule has 3 N–H and O–H groups in total. The summed E-state index contributed by atoms with van der Waals surface area (Å²) in [5, 5.41) is 26.7. The number of methoxy groups -OCH3 is 1. The van der Waals surface area contributed by atoms with Crippen LogP contribution in [-0.2, 0) is 21.7 Å². The van der Waals surface area contributed by atoms with Gasteiger partial charge in [-0.25, -0.2) is 0 Å². The molecule has 0 amide bonds. The second-order valence-electron chi connectivity index (χ2n) is 11.1. The molecule has 0 spiro atoms. The molecule has 1 saturated carbocycles. The Morgan fingerprint density at radius 3 is 2.59 bits per heavy atom. The molecule has 2 aliphatic rings. The van der Waals surface area contributed by atoms with Gasteiger partial charge in [0.05, 0.1) is 19.9 Å². The lowest BCUT2D eigenvalue weighted by Crippen LogP contribution is -2.31. The smallest absolute Gasteiger partial charge is 0.168 e. The van der Waals surface area contributed by atoms with Crippen LogP contribution in [0.25, 0.3) is 21.9 Å². The average Bonchev–Trinajstić information content (AvgIpc) is 3.49. The van der Waals surface area contributed by atoms with Gasteiger partial charge in [-0.1, -0.05) is 65.1 Å². The topological polar surface area (TPSA) is 88.0 Å². The summed E-state index contributed by atoms with van der Waals surface area (Å²) in [5.41, 5.74) is 3.81. The van der Waals surface area contributed by atoms with E-state index in [1.807, 2.05) is 45.9 Å². The Labute approximate surface area is 251 Å². The molecule has 6 nitrogen and oxygen atoms in total. The minimum atomic E-state index is -0.0736. The van der Waals surface area contributed by atoms with E-state index >= 15 is 0 Å². The molecule has 1 unspecified atom stereocenters. The predicted octanol–water partition coefficient (Wildman–Crippen LogP) is 7.76. The highest BCUT2D eigenvalue weighted by atomic mass is 33.1. The lowest BCUT2D eigenvalue weighted by atomic mass is 9.89. The number of hydrogen-bond acceptors (Lipinski definition) is 8. The molecule has 1 aliphatic carbocycles. The largest absolute Gasteiger partial charge is 0.508 e. The number of carbonyl (C=O) groups excluding carboxylic acids is 1. The monoisotopic (exact) mass is 595 g/mol. The van der Waals surface area contributed by atoms with Crippen LogP contribution in [0.3, 0.4) is 0 Å². The Morgan fingerprint density at radius 1 is 0.951 bits per heavy atom. The number of fused-ring (bicyclic) bond motifs is 5. The molecule has 3 aromatic carbocycles. The number of carbonyl (C=O) groups is 1. The Balaban J connectivity index is 1.44. The molecule has 0 radical (unpaired) electrons. The Kier molecular flexibility index (Phi) is 10.8. The van der Waals surface area contributed by atoms with Crippen molar-refractivity contribution in [3.8, 4) is 28.4 Å². The summed E-state index contributed by atoms with van der Waals surface area (Å²) in [6.45, 7) is 0.507. The van der Waals surface area contributed by atoms with E-state index < -0.39 is 0 Å². The maximum Gasteiger partial charge on any atom is 0.168 e. The third-order valence-corrected chi connectivity index (χ3v) is 10.7. The van der Waals surface area contributed by atoms with E-state index in [-0.39, 0.29) is 23.4 Å². The molecule has 1 heterocycles. The molecule has 0 bridgehead atoms. The van der Waals surface area contributed by atoms with Gasteiger partial charge in [0, 0.05) is 36.0 Å². The molecule has 3 aromatic rings. The average molecular weight is 596 g/mol. The van der Waals surface area contributed by atoms with Gasteiger partial charge in [0.25, 0.3) is 0 Å². The molecule has 41 heavy (non-hydrogen) atoms. The van der Waals surface area contributed by atoms with Crippen LogP contribution in [0, 0.1) is 0 Å². The maximum absolute atomic E-state index is 13.3. The second kappa shape index (κ2) is 14.7. The van der Waals surface area contributed by atoms with E-state index in [2.05, 4.69) is 11.4 Å². The summed E-state index contributed by atoms with van der Waals surface area (Å²) < 4.78 is 12.0. The van der Waals surface area contributed by atoms with E-state index in [1.165, 1.54) is 25.7 Å². The number of hydrogen-bond donors (Lipinski definition) is 3. The van der Waals surface area contributed by atoms with Crippen LogP contribution in [0.4, 0.5) is 0 Å². The molecule has 1 atom stereocenters. The number of ketones is 1. The van der Waals surface area contributed by atoms with Crippen LogP contribution in [0.5, 0.6) is 17.2 Å². The summed E-state index contributed by atoms with van der Waals surface area (Å²) in [6, 6.07) is 13.7. The number of aromatic hydroxyl groups is 2. The number of phenolic OH excluding ortho intramolecular Hbond substituents is 2. The first-order valence-electron chi connectivity index (χ1n) is 14.8. The zero-order chi connectivity index (χ0) is 28.6. The van der Waals surface area contributed by atoms with E-state index in [1.54, 1.807) is 19.2 Å². The highest BCUT2D eigenvalue weighted by molar-refractivity contribution is 8.76. The normalized spacial score (nSPS) is 19.6. The van der Waals surface area contributed by atoms with E-state index in [0.717, 1.165) is 63.8 Å². The molecule has 220 valence electrons. The fourth-order valence-electron chi connectivity index (χ4n) is 6.06. The maximum atomic E-state index is 13.3. The van der Waals surface area contributed by atoms with E-state index in [4.69, 9.17) is 9.47 Å². The van der Waals surface area contributed by atoms with Crippen LogP contribution in [0.15, 0.2) is 42.5 Å². The zero-order valence-corrected chi connectivity index (χ0v) is 25.5. The highest BCUT2D eigenvalue weighted by Gasteiger charge is 2.23. The van der Waals surface area contributed by atoms with Crippen LogP contribution >= 0.6 is 21.6 Å².